The van der Waals surface area contributed by atoms with Gasteiger partial charge in [-0.1, -0.05) is 42.5 Å². The van der Waals surface area contributed by atoms with Crippen molar-refractivity contribution in [1.82, 2.24) is 19.8 Å². The molecule has 0 atom stereocenters. The number of rotatable bonds is 3. The molecule has 5 nitrogen and oxygen atoms in total. The van der Waals surface area contributed by atoms with Gasteiger partial charge in [0.15, 0.2) is 0 Å². The van der Waals surface area contributed by atoms with Crippen LogP contribution in [0.25, 0.3) is 15.8 Å². The van der Waals surface area contributed by atoms with Gasteiger partial charge in [0, 0.05) is 0 Å². The maximum absolute atomic E-state index is 12.4. The van der Waals surface area contributed by atoms with Crippen LogP contribution in [0.2, 0.25) is 0 Å². The minimum absolute atomic E-state index is 0.226. The number of aromatic nitrogens is 4. The molecule has 2 aromatic carbocycles. The number of thiophene rings is 1. The summed E-state index contributed by atoms with van der Waals surface area (Å²) in [5.41, 5.74) is 0.828. The number of hydrogen-bond acceptors (Lipinski definition) is 4. The first kappa shape index (κ1) is 13.0. The van der Waals surface area contributed by atoms with Crippen LogP contribution in [0.4, 0.5) is 0 Å². The van der Waals surface area contributed by atoms with Gasteiger partial charge in [0.05, 0.1) is 6.54 Å². The average Bonchev–Trinajstić information content (AvgIpc) is 3.18. The summed E-state index contributed by atoms with van der Waals surface area (Å²) in [5, 5.41) is 12.9. The van der Waals surface area contributed by atoms with Gasteiger partial charge in [-0.2, -0.15) is 9.36 Å². The summed E-state index contributed by atoms with van der Waals surface area (Å²) in [5.74, 6) is 0. The monoisotopic (exact) mass is 308 g/mol. The van der Waals surface area contributed by atoms with Gasteiger partial charge < -0.3 is 0 Å². The Morgan fingerprint density at radius 2 is 1.82 bits per heavy atom. The molecule has 2 heterocycles. The lowest BCUT2D eigenvalue weighted by molar-refractivity contribution is 0.634. The SMILES string of the molecule is O=c1n(Cc2cccc3ccccc23)nnn1-c1cccs1. The molecule has 6 heteroatoms. The third-order valence-corrected chi connectivity index (χ3v) is 4.40. The predicted octanol–water partition coefficient (Wildman–Crippen LogP) is 2.69. The van der Waals surface area contributed by atoms with E-state index in [4.69, 9.17) is 0 Å². The number of benzene rings is 2. The van der Waals surface area contributed by atoms with Gasteiger partial charge in [0.1, 0.15) is 5.00 Å². The molecule has 0 aliphatic rings. The molecule has 0 aliphatic carbocycles. The quantitative estimate of drug-likeness (QED) is 0.585. The zero-order chi connectivity index (χ0) is 14.9. The van der Waals surface area contributed by atoms with Crippen LogP contribution in [0.1, 0.15) is 5.56 Å². The molecule has 0 aliphatic heterocycles. The first-order valence-electron chi connectivity index (χ1n) is 6.86. The van der Waals surface area contributed by atoms with Crippen LogP contribution in [-0.4, -0.2) is 19.8 Å². The summed E-state index contributed by atoms with van der Waals surface area (Å²) in [6.45, 7) is 0.408. The van der Waals surface area contributed by atoms with Gasteiger partial charge in [-0.15, -0.1) is 11.3 Å². The number of nitrogens with zero attached hydrogens (tertiary/aromatic N) is 4. The Labute approximate surface area is 130 Å². The highest BCUT2D eigenvalue weighted by molar-refractivity contribution is 7.12. The largest absolute Gasteiger partial charge is 0.369 e. The van der Waals surface area contributed by atoms with Crippen LogP contribution in [0.5, 0.6) is 0 Å². The summed E-state index contributed by atoms with van der Waals surface area (Å²) < 4.78 is 2.72. The Kier molecular flexibility index (Phi) is 3.08. The van der Waals surface area contributed by atoms with Crippen molar-refractivity contribution in [2.75, 3.05) is 0 Å². The van der Waals surface area contributed by atoms with E-state index in [0.717, 1.165) is 21.3 Å². The van der Waals surface area contributed by atoms with Crippen LogP contribution < -0.4 is 5.69 Å². The fourth-order valence-electron chi connectivity index (χ4n) is 2.49. The Bertz CT molecular complexity index is 979. The van der Waals surface area contributed by atoms with Crippen molar-refractivity contribution in [3.63, 3.8) is 0 Å². The van der Waals surface area contributed by atoms with E-state index in [9.17, 15) is 4.79 Å². The summed E-state index contributed by atoms with van der Waals surface area (Å²) in [4.78, 5) is 12.4. The van der Waals surface area contributed by atoms with Crippen LogP contribution in [0, 0.1) is 0 Å². The summed E-state index contributed by atoms with van der Waals surface area (Å²) in [6.07, 6.45) is 0. The molecule has 4 rings (SSSR count). The minimum Gasteiger partial charge on any atom is -0.244 e. The number of hydrogen-bond donors (Lipinski definition) is 0. The Balaban J connectivity index is 1.76. The fraction of sp³-hybridized carbons (Fsp3) is 0.0625. The molecule has 2 aromatic heterocycles. The lowest BCUT2D eigenvalue weighted by atomic mass is 10.0. The number of tetrazole rings is 1. The smallest absolute Gasteiger partial charge is 0.244 e. The Hall–Kier alpha value is -2.73. The molecule has 0 fully saturated rings. The lowest BCUT2D eigenvalue weighted by Crippen LogP contribution is -2.24. The van der Waals surface area contributed by atoms with Gasteiger partial charge >= 0.3 is 5.69 Å². The van der Waals surface area contributed by atoms with E-state index in [1.807, 2.05) is 41.8 Å². The van der Waals surface area contributed by atoms with Crippen molar-refractivity contribution in [1.29, 1.82) is 0 Å². The second-order valence-corrected chi connectivity index (χ2v) is 5.85. The second-order valence-electron chi connectivity index (χ2n) is 4.92. The van der Waals surface area contributed by atoms with Crippen molar-refractivity contribution in [3.05, 3.63) is 76.0 Å². The van der Waals surface area contributed by atoms with Crippen molar-refractivity contribution < 1.29 is 0 Å². The van der Waals surface area contributed by atoms with Gasteiger partial charge in [0.2, 0.25) is 0 Å². The summed E-state index contributed by atoms with van der Waals surface area (Å²) in [7, 11) is 0. The highest BCUT2D eigenvalue weighted by Gasteiger charge is 2.11. The molecule has 0 saturated carbocycles. The molecular formula is C16H12N4OS. The summed E-state index contributed by atoms with van der Waals surface area (Å²) in [6, 6.07) is 17.9. The van der Waals surface area contributed by atoms with Crippen LogP contribution in [0.3, 0.4) is 0 Å². The highest BCUT2D eigenvalue weighted by atomic mass is 32.1. The lowest BCUT2D eigenvalue weighted by Gasteiger charge is -2.05. The van der Waals surface area contributed by atoms with E-state index >= 15 is 0 Å². The standard InChI is InChI=1S/C16H12N4OS/c21-16-19(17-18-20(16)15-9-4-10-22-15)11-13-7-3-6-12-5-1-2-8-14(12)13/h1-10H,11H2. The van der Waals surface area contributed by atoms with Gasteiger partial charge in [-0.3, -0.25) is 0 Å². The maximum atomic E-state index is 12.4. The van der Waals surface area contributed by atoms with E-state index in [1.165, 1.54) is 20.7 Å². The number of fused-ring (bicyclic) bond motifs is 1. The van der Waals surface area contributed by atoms with Gasteiger partial charge in [0.25, 0.3) is 0 Å². The van der Waals surface area contributed by atoms with Crippen LogP contribution in [0.15, 0.2) is 64.8 Å². The predicted molar refractivity (Wildman–Crippen MR) is 86.5 cm³/mol. The van der Waals surface area contributed by atoms with E-state index in [-0.39, 0.29) is 5.69 Å². The molecule has 0 spiro atoms. The Morgan fingerprint density at radius 1 is 0.955 bits per heavy atom. The molecule has 0 radical (unpaired) electrons. The normalized spacial score (nSPS) is 11.1. The van der Waals surface area contributed by atoms with Crippen LogP contribution in [-0.2, 0) is 6.54 Å². The molecular weight excluding hydrogens is 296 g/mol. The van der Waals surface area contributed by atoms with E-state index in [0.29, 0.717) is 6.54 Å². The highest BCUT2D eigenvalue weighted by Crippen LogP contribution is 2.19. The average molecular weight is 308 g/mol. The zero-order valence-corrected chi connectivity index (χ0v) is 12.4. The van der Waals surface area contributed by atoms with E-state index < -0.39 is 0 Å². The molecule has 0 N–H and O–H groups in total. The van der Waals surface area contributed by atoms with E-state index in [2.05, 4.69) is 28.6 Å². The van der Waals surface area contributed by atoms with Crippen molar-refractivity contribution in [3.8, 4) is 5.00 Å². The molecule has 4 aromatic rings. The third kappa shape index (κ3) is 2.14. The molecule has 0 bridgehead atoms. The van der Waals surface area contributed by atoms with Crippen molar-refractivity contribution >= 4 is 22.1 Å². The van der Waals surface area contributed by atoms with Crippen molar-refractivity contribution in [2.24, 2.45) is 0 Å². The van der Waals surface area contributed by atoms with E-state index in [1.54, 1.807) is 0 Å². The second kappa shape index (κ2) is 5.23. The third-order valence-electron chi connectivity index (χ3n) is 3.55. The molecule has 0 saturated heterocycles. The maximum Gasteiger partial charge on any atom is 0.369 e. The molecule has 108 valence electrons. The minimum atomic E-state index is -0.226. The zero-order valence-electron chi connectivity index (χ0n) is 11.6. The Morgan fingerprint density at radius 3 is 2.68 bits per heavy atom. The molecule has 22 heavy (non-hydrogen) atoms. The molecule has 0 unspecified atom stereocenters. The molecule has 0 amide bonds. The van der Waals surface area contributed by atoms with Gasteiger partial charge in [-0.25, -0.2) is 4.79 Å². The van der Waals surface area contributed by atoms with Crippen molar-refractivity contribution in [2.45, 2.75) is 6.54 Å². The van der Waals surface area contributed by atoms with Gasteiger partial charge in [-0.05, 0) is 44.3 Å². The topological polar surface area (TPSA) is 52.7 Å². The van der Waals surface area contributed by atoms with Crippen LogP contribution >= 0.6 is 11.3 Å². The fourth-order valence-corrected chi connectivity index (χ4v) is 3.16. The first-order chi connectivity index (χ1) is 10.8. The summed E-state index contributed by atoms with van der Waals surface area (Å²) >= 11 is 1.46. The first-order valence-corrected chi connectivity index (χ1v) is 7.74.